The molecule has 16 heteroatoms. The Kier molecular flexibility index (Phi) is 10.0. The van der Waals surface area contributed by atoms with Gasteiger partial charge in [-0.1, -0.05) is 0 Å². The van der Waals surface area contributed by atoms with Crippen LogP contribution in [-0.4, -0.2) is 79.0 Å². The summed E-state index contributed by atoms with van der Waals surface area (Å²) >= 11 is 0. The van der Waals surface area contributed by atoms with Crippen LogP contribution in [0.2, 0.25) is 0 Å². The highest BCUT2D eigenvalue weighted by molar-refractivity contribution is 5.73. The van der Waals surface area contributed by atoms with Crippen molar-refractivity contribution in [3.63, 3.8) is 0 Å². The van der Waals surface area contributed by atoms with E-state index >= 15 is 0 Å². The Labute approximate surface area is 189 Å². The molecule has 1 aliphatic heterocycles. The molecule has 0 spiro atoms. The summed E-state index contributed by atoms with van der Waals surface area (Å²) in [5, 5.41) is 18.5. The summed E-state index contributed by atoms with van der Waals surface area (Å²) in [4.78, 5) is 24.7. The fraction of sp³-hybridized carbons (Fsp3) is 0.556. The molecule has 0 saturated carbocycles. The Hall–Kier alpha value is -3.14. The Morgan fingerprint density at radius 1 is 1.12 bits per heavy atom. The molecule has 1 aliphatic rings. The molecule has 0 radical (unpaired) electrons. The number of aliphatic carboxylic acids is 2. The maximum absolute atomic E-state index is 10.6. The molecule has 10 nitrogen and oxygen atoms in total. The van der Waals surface area contributed by atoms with E-state index in [-0.39, 0.29) is 0 Å². The highest BCUT2D eigenvalue weighted by Crippen LogP contribution is 2.28. The minimum Gasteiger partial charge on any atom is -0.475 e. The molecule has 0 fully saturated rings. The number of ether oxygens (including phenoxy) is 1. The van der Waals surface area contributed by atoms with E-state index in [4.69, 9.17) is 24.5 Å². The van der Waals surface area contributed by atoms with E-state index in [1.54, 1.807) is 7.11 Å². The van der Waals surface area contributed by atoms with Crippen LogP contribution in [0.4, 0.5) is 26.3 Å². The minimum absolute atomic E-state index is 0.382. The number of methoxy groups -OCH3 is 1. The van der Waals surface area contributed by atoms with E-state index in [0.717, 1.165) is 26.2 Å². The number of fused-ring (bicyclic) bond motifs is 1. The predicted molar refractivity (Wildman–Crippen MR) is 103 cm³/mol. The highest BCUT2D eigenvalue weighted by atomic mass is 19.4. The van der Waals surface area contributed by atoms with Crippen LogP contribution >= 0.6 is 0 Å². The molecule has 2 aromatic rings. The van der Waals surface area contributed by atoms with Crippen molar-refractivity contribution in [2.75, 3.05) is 20.3 Å². The van der Waals surface area contributed by atoms with Crippen molar-refractivity contribution in [1.29, 1.82) is 0 Å². The number of carbonyl (C=O) groups is 2. The van der Waals surface area contributed by atoms with Gasteiger partial charge in [0.05, 0.1) is 24.8 Å². The molecule has 1 unspecified atom stereocenters. The Morgan fingerprint density at radius 2 is 1.65 bits per heavy atom. The summed E-state index contributed by atoms with van der Waals surface area (Å²) in [5.41, 5.74) is 3.72. The van der Waals surface area contributed by atoms with Gasteiger partial charge in [-0.2, -0.15) is 31.4 Å². The topological polar surface area (TPSA) is 123 Å². The standard InChI is InChI=1S/C14H21N5O.2C2HF3O2/c1-17-10-15-13-8-19(6-11-4-16-18(2)5-11)7-12(9-20-3)14(13)17;2*3-2(4,5)1(6)7/h4-5,10,12H,6-9H2,1-3H3;2*(H,6,7). The van der Waals surface area contributed by atoms with Crippen LogP contribution in [0.1, 0.15) is 22.9 Å². The van der Waals surface area contributed by atoms with E-state index in [9.17, 15) is 26.3 Å². The molecule has 2 aromatic heterocycles. The first-order chi connectivity index (χ1) is 15.6. The lowest BCUT2D eigenvalue weighted by atomic mass is 9.98. The number of imidazole rings is 1. The highest BCUT2D eigenvalue weighted by Gasteiger charge is 2.38. The first-order valence-electron chi connectivity index (χ1n) is 9.35. The zero-order chi connectivity index (χ0) is 26.3. The second-order valence-corrected chi connectivity index (χ2v) is 7.14. The molecule has 0 aliphatic carbocycles. The second kappa shape index (κ2) is 11.8. The summed E-state index contributed by atoms with van der Waals surface area (Å²) in [7, 11) is 5.77. The molecule has 0 aromatic carbocycles. The maximum atomic E-state index is 10.6. The third-order valence-electron chi connectivity index (χ3n) is 4.32. The number of carboxylic acid groups (broad SMARTS) is 2. The average Bonchev–Trinajstić information content (AvgIpc) is 3.27. The Morgan fingerprint density at radius 3 is 2.06 bits per heavy atom. The van der Waals surface area contributed by atoms with Gasteiger partial charge in [-0.15, -0.1) is 0 Å². The SMILES string of the molecule is COCC1CN(Cc2cnn(C)c2)Cc2ncn(C)c21.O=C(O)C(F)(F)F.O=C(O)C(F)(F)F. The van der Waals surface area contributed by atoms with E-state index < -0.39 is 24.3 Å². The monoisotopic (exact) mass is 503 g/mol. The summed E-state index contributed by atoms with van der Waals surface area (Å²) in [5.74, 6) is -5.13. The number of hydrogen-bond acceptors (Lipinski definition) is 6. The summed E-state index contributed by atoms with van der Waals surface area (Å²) in [6, 6.07) is 0. The first-order valence-corrected chi connectivity index (χ1v) is 9.35. The van der Waals surface area contributed by atoms with Crippen molar-refractivity contribution in [3.05, 3.63) is 35.7 Å². The third-order valence-corrected chi connectivity index (χ3v) is 4.32. The average molecular weight is 503 g/mol. The van der Waals surface area contributed by atoms with Crippen molar-refractivity contribution >= 4 is 11.9 Å². The summed E-state index contributed by atoms with van der Waals surface area (Å²) < 4.78 is 72.8. The number of alkyl halides is 6. The largest absolute Gasteiger partial charge is 0.490 e. The van der Waals surface area contributed by atoms with E-state index in [0.29, 0.717) is 5.92 Å². The van der Waals surface area contributed by atoms with Gasteiger partial charge in [-0.05, 0) is 0 Å². The molecule has 0 bridgehead atoms. The molecule has 0 saturated heterocycles. The molecule has 34 heavy (non-hydrogen) atoms. The van der Waals surface area contributed by atoms with Gasteiger partial charge in [-0.3, -0.25) is 9.58 Å². The number of rotatable bonds is 4. The number of hydrogen-bond donors (Lipinski definition) is 2. The predicted octanol–water partition coefficient (Wildman–Crippen LogP) is 2.17. The van der Waals surface area contributed by atoms with Crippen molar-refractivity contribution in [2.24, 2.45) is 14.1 Å². The number of carboxylic acids is 2. The number of aryl methyl sites for hydroxylation is 2. The van der Waals surface area contributed by atoms with Gasteiger partial charge in [0.1, 0.15) is 0 Å². The minimum atomic E-state index is -5.08. The second-order valence-electron chi connectivity index (χ2n) is 7.14. The van der Waals surface area contributed by atoms with E-state index in [1.165, 1.54) is 17.0 Å². The van der Waals surface area contributed by atoms with E-state index in [2.05, 4.69) is 32.8 Å². The van der Waals surface area contributed by atoms with Crippen LogP contribution in [0.25, 0.3) is 0 Å². The maximum Gasteiger partial charge on any atom is 0.490 e. The fourth-order valence-corrected chi connectivity index (χ4v) is 3.07. The molecule has 3 heterocycles. The van der Waals surface area contributed by atoms with Gasteiger partial charge in [0, 0.05) is 64.2 Å². The van der Waals surface area contributed by atoms with Gasteiger partial charge < -0.3 is 19.5 Å². The Bertz CT molecular complexity index is 932. The third kappa shape index (κ3) is 9.01. The summed E-state index contributed by atoms with van der Waals surface area (Å²) in [6.45, 7) is 3.53. The van der Waals surface area contributed by atoms with Crippen LogP contribution < -0.4 is 0 Å². The van der Waals surface area contributed by atoms with Gasteiger partial charge in [0.15, 0.2) is 0 Å². The molecule has 1 atom stereocenters. The smallest absolute Gasteiger partial charge is 0.475 e. The molecule has 192 valence electrons. The van der Waals surface area contributed by atoms with Crippen LogP contribution in [0, 0.1) is 0 Å². The van der Waals surface area contributed by atoms with Crippen LogP contribution in [0.3, 0.4) is 0 Å². The molecular formula is C18H23F6N5O5. The van der Waals surface area contributed by atoms with Crippen LogP contribution in [0.15, 0.2) is 18.7 Å². The van der Waals surface area contributed by atoms with Crippen molar-refractivity contribution in [3.8, 4) is 0 Å². The van der Waals surface area contributed by atoms with E-state index in [1.807, 2.05) is 24.3 Å². The first kappa shape index (κ1) is 28.9. The van der Waals surface area contributed by atoms with Gasteiger partial charge in [0.25, 0.3) is 0 Å². The number of aromatic nitrogens is 4. The van der Waals surface area contributed by atoms with Gasteiger partial charge in [-0.25, -0.2) is 14.6 Å². The quantitative estimate of drug-likeness (QED) is 0.609. The summed E-state index contributed by atoms with van der Waals surface area (Å²) in [6.07, 6.45) is -4.26. The molecule has 2 N–H and O–H groups in total. The number of nitrogens with zero attached hydrogens (tertiary/aromatic N) is 5. The molecular weight excluding hydrogens is 480 g/mol. The lowest BCUT2D eigenvalue weighted by Crippen LogP contribution is -2.35. The van der Waals surface area contributed by atoms with Crippen molar-refractivity contribution < 1.29 is 50.9 Å². The van der Waals surface area contributed by atoms with Gasteiger partial charge >= 0.3 is 24.3 Å². The van der Waals surface area contributed by atoms with Crippen molar-refractivity contribution in [1.82, 2.24) is 24.2 Å². The lowest BCUT2D eigenvalue weighted by molar-refractivity contribution is -0.193. The van der Waals surface area contributed by atoms with Crippen LogP contribution in [0.5, 0.6) is 0 Å². The van der Waals surface area contributed by atoms with Crippen molar-refractivity contribution in [2.45, 2.75) is 31.4 Å². The normalized spacial score (nSPS) is 16.0. The fourth-order valence-electron chi connectivity index (χ4n) is 3.07. The molecule has 0 amide bonds. The number of halogens is 6. The lowest BCUT2D eigenvalue weighted by Gasteiger charge is -2.32. The van der Waals surface area contributed by atoms with Crippen LogP contribution in [-0.2, 0) is 41.5 Å². The van der Waals surface area contributed by atoms with Gasteiger partial charge in [0.2, 0.25) is 0 Å². The zero-order valence-corrected chi connectivity index (χ0v) is 18.3. The Balaban J connectivity index is 0.000000343. The molecule has 3 rings (SSSR count). The zero-order valence-electron chi connectivity index (χ0n) is 18.3.